The number of benzene rings is 1. The van der Waals surface area contributed by atoms with Crippen LogP contribution in [-0.2, 0) is 4.79 Å². The molecule has 2 amide bonds. The number of alkyl halides is 1. The van der Waals surface area contributed by atoms with E-state index in [4.69, 9.17) is 30.2 Å². The van der Waals surface area contributed by atoms with Crippen LogP contribution in [0.4, 0.5) is 10.1 Å². The summed E-state index contributed by atoms with van der Waals surface area (Å²) in [6.07, 6.45) is -0.0623. The highest BCUT2D eigenvalue weighted by Gasteiger charge is 2.54. The number of nitrogens with one attached hydrogen (secondary N) is 1. The molecule has 0 spiro atoms. The van der Waals surface area contributed by atoms with E-state index >= 15 is 4.39 Å². The molecule has 3 rings (SSSR count). The minimum atomic E-state index is -2.54. The van der Waals surface area contributed by atoms with E-state index in [1.165, 1.54) is 6.07 Å². The molecule has 3 N–H and O–H groups in total. The topological polar surface area (TPSA) is 75.4 Å². The number of anilines is 1. The fourth-order valence-electron chi connectivity index (χ4n) is 2.52. The van der Waals surface area contributed by atoms with Crippen molar-refractivity contribution in [2.45, 2.75) is 18.6 Å². The summed E-state index contributed by atoms with van der Waals surface area (Å²) in [5.41, 5.74) is 6.59. The van der Waals surface area contributed by atoms with Crippen LogP contribution in [0.25, 0.3) is 0 Å². The van der Waals surface area contributed by atoms with Crippen LogP contribution >= 0.6 is 24.4 Å². The van der Waals surface area contributed by atoms with Crippen LogP contribution in [0.2, 0.25) is 0 Å². The highest BCUT2D eigenvalue weighted by molar-refractivity contribution is 7.81. The lowest BCUT2D eigenvalue weighted by Gasteiger charge is -2.36. The summed E-state index contributed by atoms with van der Waals surface area (Å²) < 4.78 is 15.1. The van der Waals surface area contributed by atoms with Crippen LogP contribution in [0.1, 0.15) is 28.8 Å². The maximum Gasteiger partial charge on any atom is 0.284 e. The van der Waals surface area contributed by atoms with E-state index in [9.17, 15) is 9.59 Å². The summed E-state index contributed by atoms with van der Waals surface area (Å²) in [6, 6.07) is 4.66. The second-order valence-electron chi connectivity index (χ2n) is 4.85. The summed E-state index contributed by atoms with van der Waals surface area (Å²) in [7, 11) is 0. The molecule has 1 aromatic carbocycles. The number of halogens is 1. The molecule has 0 radical (unpaired) electrons. The van der Waals surface area contributed by atoms with Gasteiger partial charge in [0.15, 0.2) is 0 Å². The Morgan fingerprint density at radius 3 is 2.67 bits per heavy atom. The lowest BCUT2D eigenvalue weighted by Crippen LogP contribution is -2.61. The van der Waals surface area contributed by atoms with Crippen LogP contribution in [0.15, 0.2) is 18.2 Å². The molecule has 1 aromatic rings. The average molecular weight is 323 g/mol. The molecule has 2 aliphatic heterocycles. The molecular formula is C13H10FN3O2S2. The number of amides is 2. The summed E-state index contributed by atoms with van der Waals surface area (Å²) in [4.78, 5) is 25.3. The van der Waals surface area contributed by atoms with Crippen LogP contribution in [0.5, 0.6) is 0 Å². The standard InChI is InChI=1S/C13H10FN3O2S2/c14-13(5-4-8(20)16-12(13)19)17-10(18)6-2-1-3-7(15)9(6)11(17)21/h1-3H,4-5,15H2,(H,16,19,20). The monoisotopic (exact) mass is 323 g/mol. The molecule has 2 aliphatic rings. The number of carbonyl (C=O) groups is 2. The van der Waals surface area contributed by atoms with Crippen LogP contribution in [-0.4, -0.2) is 32.5 Å². The number of nitrogen functional groups attached to an aromatic ring is 1. The summed E-state index contributed by atoms with van der Waals surface area (Å²) in [6.45, 7) is 0. The lowest BCUT2D eigenvalue weighted by atomic mass is 10.0. The van der Waals surface area contributed by atoms with Crippen LogP contribution in [0, 0.1) is 0 Å². The van der Waals surface area contributed by atoms with Crippen molar-refractivity contribution in [3.8, 4) is 0 Å². The Morgan fingerprint density at radius 1 is 1.33 bits per heavy atom. The smallest absolute Gasteiger partial charge is 0.284 e. The van der Waals surface area contributed by atoms with E-state index in [0.29, 0.717) is 10.5 Å². The van der Waals surface area contributed by atoms with Crippen LogP contribution < -0.4 is 11.1 Å². The van der Waals surface area contributed by atoms with E-state index in [1.807, 2.05) is 0 Å². The quantitative estimate of drug-likeness (QED) is 0.463. The number of nitrogens with zero attached hydrogens (tertiary/aromatic N) is 1. The van der Waals surface area contributed by atoms with Gasteiger partial charge in [-0.15, -0.1) is 0 Å². The van der Waals surface area contributed by atoms with Gasteiger partial charge in [0.1, 0.15) is 4.99 Å². The summed E-state index contributed by atoms with van der Waals surface area (Å²) >= 11 is 10.0. The predicted octanol–water partition coefficient (Wildman–Crippen LogP) is 1.30. The van der Waals surface area contributed by atoms with Gasteiger partial charge in [-0.3, -0.25) is 14.5 Å². The molecular weight excluding hydrogens is 313 g/mol. The number of carbonyl (C=O) groups excluding carboxylic acids is 2. The van der Waals surface area contributed by atoms with Crippen LogP contribution in [0.3, 0.4) is 0 Å². The van der Waals surface area contributed by atoms with Crippen molar-refractivity contribution >= 4 is 51.9 Å². The predicted molar refractivity (Wildman–Crippen MR) is 82.5 cm³/mol. The largest absolute Gasteiger partial charge is 0.398 e. The number of nitrogens with two attached hydrogens (primary N) is 1. The molecule has 21 heavy (non-hydrogen) atoms. The van der Waals surface area contributed by atoms with E-state index in [0.717, 1.165) is 0 Å². The van der Waals surface area contributed by atoms with Gasteiger partial charge in [-0.1, -0.05) is 30.5 Å². The third-order valence-electron chi connectivity index (χ3n) is 3.59. The third-order valence-corrected chi connectivity index (χ3v) is 4.28. The maximum atomic E-state index is 15.1. The normalized spacial score (nSPS) is 25.1. The second kappa shape index (κ2) is 4.54. The second-order valence-corrected chi connectivity index (χ2v) is 5.73. The zero-order chi connectivity index (χ0) is 15.4. The Kier molecular flexibility index (Phi) is 3.03. The third kappa shape index (κ3) is 1.86. The first-order valence-electron chi connectivity index (χ1n) is 6.17. The maximum absolute atomic E-state index is 15.1. The molecule has 1 atom stereocenters. The number of thiocarbonyl (C=S) groups is 2. The van der Waals surface area contributed by atoms with Gasteiger partial charge in [0, 0.05) is 24.1 Å². The molecule has 1 fully saturated rings. The molecule has 2 heterocycles. The molecule has 0 bridgehead atoms. The van der Waals surface area contributed by atoms with Crippen molar-refractivity contribution in [1.82, 2.24) is 10.2 Å². The van der Waals surface area contributed by atoms with Crippen molar-refractivity contribution in [2.24, 2.45) is 0 Å². The summed E-state index contributed by atoms with van der Waals surface area (Å²) in [5.74, 6) is -4.17. The number of piperidine rings is 1. The van der Waals surface area contributed by atoms with E-state index in [-0.39, 0.29) is 34.1 Å². The van der Waals surface area contributed by atoms with Gasteiger partial charge in [0.25, 0.3) is 17.6 Å². The first-order chi connectivity index (χ1) is 9.86. The van der Waals surface area contributed by atoms with Gasteiger partial charge in [-0.25, -0.2) is 4.39 Å². The molecule has 108 valence electrons. The number of fused-ring (bicyclic) bond motifs is 1. The highest BCUT2D eigenvalue weighted by Crippen LogP contribution is 2.37. The van der Waals surface area contributed by atoms with Gasteiger partial charge >= 0.3 is 0 Å². The molecule has 0 saturated carbocycles. The Bertz CT molecular complexity index is 721. The average Bonchev–Trinajstić information content (AvgIpc) is 2.68. The molecule has 8 heteroatoms. The van der Waals surface area contributed by atoms with E-state index < -0.39 is 17.6 Å². The zero-order valence-corrected chi connectivity index (χ0v) is 12.3. The minimum Gasteiger partial charge on any atom is -0.398 e. The molecule has 0 aromatic heterocycles. The van der Waals surface area contributed by atoms with Crippen molar-refractivity contribution < 1.29 is 14.0 Å². The Labute approximate surface area is 130 Å². The van der Waals surface area contributed by atoms with Gasteiger partial charge < -0.3 is 11.1 Å². The zero-order valence-electron chi connectivity index (χ0n) is 10.7. The highest BCUT2D eigenvalue weighted by atomic mass is 32.1. The first-order valence-corrected chi connectivity index (χ1v) is 6.98. The molecule has 5 nitrogen and oxygen atoms in total. The summed E-state index contributed by atoms with van der Waals surface area (Å²) in [5, 5.41) is 2.26. The lowest BCUT2D eigenvalue weighted by molar-refractivity contribution is -0.140. The molecule has 0 aliphatic carbocycles. The van der Waals surface area contributed by atoms with Crippen molar-refractivity contribution in [1.29, 1.82) is 0 Å². The van der Waals surface area contributed by atoms with Gasteiger partial charge in [-0.2, -0.15) is 0 Å². The van der Waals surface area contributed by atoms with E-state index in [1.54, 1.807) is 12.1 Å². The number of rotatable bonds is 1. The fraction of sp³-hybridized carbons (Fsp3) is 0.231. The molecule has 1 unspecified atom stereocenters. The van der Waals surface area contributed by atoms with Crippen molar-refractivity contribution in [3.63, 3.8) is 0 Å². The van der Waals surface area contributed by atoms with Gasteiger partial charge in [0.2, 0.25) is 0 Å². The first kappa shape index (κ1) is 14.0. The Balaban J connectivity index is 2.08. The number of hydrogen-bond donors (Lipinski definition) is 2. The van der Waals surface area contributed by atoms with Crippen molar-refractivity contribution in [2.75, 3.05) is 5.73 Å². The minimum absolute atomic E-state index is 0.0708. The van der Waals surface area contributed by atoms with E-state index in [2.05, 4.69) is 5.32 Å². The Morgan fingerprint density at radius 2 is 2.05 bits per heavy atom. The number of hydrogen-bond acceptors (Lipinski definition) is 5. The Hall–Kier alpha value is -1.93. The van der Waals surface area contributed by atoms with Gasteiger partial charge in [-0.05, 0) is 12.1 Å². The SMILES string of the molecule is Nc1cccc2c1C(=S)N(C1(F)CCC(=S)NC1=O)C2=O. The van der Waals surface area contributed by atoms with Crippen molar-refractivity contribution in [3.05, 3.63) is 29.3 Å². The molecule has 1 saturated heterocycles. The van der Waals surface area contributed by atoms with Gasteiger partial charge in [0.05, 0.1) is 10.6 Å². The fourth-order valence-corrected chi connectivity index (χ4v) is 3.17.